The lowest BCUT2D eigenvalue weighted by molar-refractivity contribution is 0.104. The predicted molar refractivity (Wildman–Crippen MR) is 77.1 cm³/mol. The summed E-state index contributed by atoms with van der Waals surface area (Å²) in [6.45, 7) is 0. The standard InChI is InChI=1S/C15H20N2O/c1-16(2)12-8-7-11-15(18)13-9-5-6-10-14(13)17(3)4/h5-12H,1-4H3. The summed E-state index contributed by atoms with van der Waals surface area (Å²) in [6.07, 6.45) is 7.08. The van der Waals surface area contributed by atoms with Gasteiger partial charge in [-0.2, -0.15) is 0 Å². The molecule has 0 radical (unpaired) electrons. The van der Waals surface area contributed by atoms with Gasteiger partial charge in [0.25, 0.3) is 0 Å². The minimum Gasteiger partial charge on any atom is -0.383 e. The van der Waals surface area contributed by atoms with Crippen molar-refractivity contribution < 1.29 is 4.79 Å². The quantitative estimate of drug-likeness (QED) is 0.452. The zero-order valence-corrected chi connectivity index (χ0v) is 11.4. The fourth-order valence-corrected chi connectivity index (χ4v) is 1.53. The molecule has 0 aliphatic heterocycles. The number of allylic oxidation sites excluding steroid dienone is 3. The molecule has 0 aliphatic rings. The Labute approximate surface area is 109 Å². The molecule has 0 saturated carbocycles. The molecule has 0 spiro atoms. The van der Waals surface area contributed by atoms with Crippen LogP contribution in [0, 0.1) is 0 Å². The molecule has 0 bridgehead atoms. The highest BCUT2D eigenvalue weighted by atomic mass is 16.1. The zero-order valence-electron chi connectivity index (χ0n) is 11.4. The third-order valence-corrected chi connectivity index (χ3v) is 2.39. The summed E-state index contributed by atoms with van der Waals surface area (Å²) in [5.41, 5.74) is 1.65. The number of hydrogen-bond acceptors (Lipinski definition) is 3. The van der Waals surface area contributed by atoms with Gasteiger partial charge in [0.1, 0.15) is 0 Å². The molecule has 3 nitrogen and oxygen atoms in total. The number of rotatable bonds is 5. The molecule has 18 heavy (non-hydrogen) atoms. The first-order chi connectivity index (χ1) is 8.52. The number of nitrogens with zero attached hydrogens (tertiary/aromatic N) is 2. The molecule has 3 heteroatoms. The fraction of sp³-hybridized carbons (Fsp3) is 0.267. The predicted octanol–water partition coefficient (Wildman–Crippen LogP) is 2.57. The van der Waals surface area contributed by atoms with Gasteiger partial charge in [-0.25, -0.2) is 0 Å². The normalized spacial score (nSPS) is 11.1. The Morgan fingerprint density at radius 1 is 1.06 bits per heavy atom. The second-order valence-electron chi connectivity index (χ2n) is 4.44. The third kappa shape index (κ3) is 4.09. The highest BCUT2D eigenvalue weighted by Gasteiger charge is 2.08. The lowest BCUT2D eigenvalue weighted by Crippen LogP contribution is -2.13. The molecular weight excluding hydrogens is 224 g/mol. The van der Waals surface area contributed by atoms with Crippen LogP contribution < -0.4 is 4.90 Å². The van der Waals surface area contributed by atoms with Crippen molar-refractivity contribution >= 4 is 11.5 Å². The number of carbonyl (C=O) groups excluding carboxylic acids is 1. The van der Waals surface area contributed by atoms with E-state index in [1.165, 1.54) is 0 Å². The van der Waals surface area contributed by atoms with Gasteiger partial charge in [-0.3, -0.25) is 4.79 Å². The van der Waals surface area contributed by atoms with Crippen LogP contribution in [0.1, 0.15) is 10.4 Å². The van der Waals surface area contributed by atoms with Crippen LogP contribution in [-0.2, 0) is 0 Å². The summed E-state index contributed by atoms with van der Waals surface area (Å²) < 4.78 is 0. The molecule has 1 aromatic carbocycles. The van der Waals surface area contributed by atoms with Crippen molar-refractivity contribution in [3.63, 3.8) is 0 Å². The number of para-hydroxylation sites is 1. The van der Waals surface area contributed by atoms with E-state index in [2.05, 4.69) is 0 Å². The van der Waals surface area contributed by atoms with E-state index in [1.54, 1.807) is 12.2 Å². The Hall–Kier alpha value is -2.03. The number of ketones is 1. The van der Waals surface area contributed by atoms with Crippen LogP contribution in [0.25, 0.3) is 0 Å². The molecule has 0 heterocycles. The third-order valence-electron chi connectivity index (χ3n) is 2.39. The van der Waals surface area contributed by atoms with E-state index in [1.807, 2.05) is 74.5 Å². The maximum absolute atomic E-state index is 12.1. The topological polar surface area (TPSA) is 23.6 Å². The first-order valence-electron chi connectivity index (χ1n) is 5.84. The molecule has 0 fully saturated rings. The van der Waals surface area contributed by atoms with E-state index in [0.717, 1.165) is 11.3 Å². The van der Waals surface area contributed by atoms with Crippen LogP contribution in [0.4, 0.5) is 5.69 Å². The van der Waals surface area contributed by atoms with Crippen LogP contribution in [0.2, 0.25) is 0 Å². The Balaban J connectivity index is 2.85. The Bertz CT molecular complexity index is 459. The summed E-state index contributed by atoms with van der Waals surface area (Å²) >= 11 is 0. The average Bonchev–Trinajstić information content (AvgIpc) is 2.34. The van der Waals surface area contributed by atoms with Crippen LogP contribution >= 0.6 is 0 Å². The first-order valence-corrected chi connectivity index (χ1v) is 5.84. The molecule has 0 atom stereocenters. The van der Waals surface area contributed by atoms with Gasteiger partial charge in [-0.15, -0.1) is 0 Å². The lowest BCUT2D eigenvalue weighted by Gasteiger charge is -2.15. The van der Waals surface area contributed by atoms with Gasteiger partial charge >= 0.3 is 0 Å². The zero-order chi connectivity index (χ0) is 13.5. The van der Waals surface area contributed by atoms with E-state index < -0.39 is 0 Å². The van der Waals surface area contributed by atoms with Gasteiger partial charge in [0.2, 0.25) is 0 Å². The summed E-state index contributed by atoms with van der Waals surface area (Å²) in [6, 6.07) is 7.60. The van der Waals surface area contributed by atoms with Gasteiger partial charge in [0.05, 0.1) is 0 Å². The number of carbonyl (C=O) groups is 1. The van der Waals surface area contributed by atoms with E-state index in [0.29, 0.717) is 0 Å². The largest absolute Gasteiger partial charge is 0.383 e. The SMILES string of the molecule is CN(C)C=CC=CC(=O)c1ccccc1N(C)C. The lowest BCUT2D eigenvalue weighted by atomic mass is 10.1. The Morgan fingerprint density at radius 2 is 1.72 bits per heavy atom. The van der Waals surface area contributed by atoms with Crippen molar-refractivity contribution in [3.05, 3.63) is 54.3 Å². The maximum atomic E-state index is 12.1. The monoisotopic (exact) mass is 244 g/mol. The minimum absolute atomic E-state index is 0.0164. The van der Waals surface area contributed by atoms with E-state index in [-0.39, 0.29) is 5.78 Å². The van der Waals surface area contributed by atoms with E-state index in [4.69, 9.17) is 0 Å². The van der Waals surface area contributed by atoms with Gasteiger partial charge in [0, 0.05) is 39.4 Å². The number of anilines is 1. The van der Waals surface area contributed by atoms with E-state index in [9.17, 15) is 4.79 Å². The molecule has 96 valence electrons. The van der Waals surface area contributed by atoms with Crippen LogP contribution in [0.5, 0.6) is 0 Å². The van der Waals surface area contributed by atoms with Crippen LogP contribution in [0.3, 0.4) is 0 Å². The highest BCUT2D eigenvalue weighted by Crippen LogP contribution is 2.18. The van der Waals surface area contributed by atoms with Crippen LogP contribution in [-0.4, -0.2) is 38.9 Å². The number of benzene rings is 1. The minimum atomic E-state index is 0.0164. The fourth-order valence-electron chi connectivity index (χ4n) is 1.53. The molecule has 0 amide bonds. The van der Waals surface area contributed by atoms with Crippen molar-refractivity contribution in [2.24, 2.45) is 0 Å². The van der Waals surface area contributed by atoms with Crippen LogP contribution in [0.15, 0.2) is 48.7 Å². The van der Waals surface area contributed by atoms with Crippen molar-refractivity contribution in [2.75, 3.05) is 33.1 Å². The van der Waals surface area contributed by atoms with Gasteiger partial charge in [0.15, 0.2) is 5.78 Å². The average molecular weight is 244 g/mol. The van der Waals surface area contributed by atoms with Gasteiger partial charge in [-0.05, 0) is 30.5 Å². The maximum Gasteiger partial charge on any atom is 0.187 e. The van der Waals surface area contributed by atoms with Gasteiger partial charge < -0.3 is 9.80 Å². The second-order valence-corrected chi connectivity index (χ2v) is 4.44. The summed E-state index contributed by atoms with van der Waals surface area (Å²) in [4.78, 5) is 15.9. The van der Waals surface area contributed by atoms with Crippen molar-refractivity contribution in [1.82, 2.24) is 4.90 Å². The molecule has 1 rings (SSSR count). The molecular formula is C15H20N2O. The van der Waals surface area contributed by atoms with Crippen molar-refractivity contribution in [2.45, 2.75) is 0 Å². The molecule has 0 unspecified atom stereocenters. The first kappa shape index (κ1) is 14.0. The number of hydrogen-bond donors (Lipinski definition) is 0. The highest BCUT2D eigenvalue weighted by molar-refractivity contribution is 6.08. The summed E-state index contributed by atoms with van der Waals surface area (Å²) in [5, 5.41) is 0. The Morgan fingerprint density at radius 3 is 2.33 bits per heavy atom. The molecule has 1 aromatic rings. The molecule has 0 saturated heterocycles. The van der Waals surface area contributed by atoms with Crippen molar-refractivity contribution in [1.29, 1.82) is 0 Å². The molecule has 0 aromatic heterocycles. The smallest absolute Gasteiger partial charge is 0.187 e. The Kier molecular flexibility index (Phi) is 5.18. The molecule has 0 N–H and O–H groups in total. The summed E-state index contributed by atoms with van der Waals surface area (Å²) in [5.74, 6) is 0.0164. The summed E-state index contributed by atoms with van der Waals surface area (Å²) in [7, 11) is 7.74. The van der Waals surface area contributed by atoms with E-state index >= 15 is 0 Å². The second kappa shape index (κ2) is 6.64. The molecule has 0 aliphatic carbocycles. The van der Waals surface area contributed by atoms with Gasteiger partial charge in [-0.1, -0.05) is 18.2 Å². The van der Waals surface area contributed by atoms with Crippen molar-refractivity contribution in [3.8, 4) is 0 Å².